The average molecular weight is 800 g/mol. The maximum Gasteiger partial charge on any atom is 0.306 e. The van der Waals surface area contributed by atoms with E-state index in [1.54, 1.807) is 13.8 Å². The third-order valence-electron chi connectivity index (χ3n) is 12.5. The lowest BCUT2D eigenvalue weighted by Gasteiger charge is -2.36. The van der Waals surface area contributed by atoms with Gasteiger partial charge < -0.3 is 14.4 Å². The van der Waals surface area contributed by atoms with E-state index in [2.05, 4.69) is 9.71 Å². The minimum atomic E-state index is -3.97. The van der Waals surface area contributed by atoms with Crippen LogP contribution in [0.4, 0.5) is 8.78 Å². The number of halogens is 2. The number of carbonyl (C=O) groups excluding carboxylic acids is 4. The molecule has 7 rings (SSSR count). The van der Waals surface area contributed by atoms with Crippen LogP contribution in [0.3, 0.4) is 0 Å². The van der Waals surface area contributed by atoms with Crippen molar-refractivity contribution in [3.8, 4) is 5.75 Å². The molecule has 56 heavy (non-hydrogen) atoms. The Morgan fingerprint density at radius 2 is 1.82 bits per heavy atom. The molecule has 306 valence electrons. The number of ketones is 1. The van der Waals surface area contributed by atoms with Crippen LogP contribution in [0.1, 0.15) is 117 Å². The number of amides is 2. The molecule has 0 bridgehead atoms. The topological polar surface area (TPSA) is 149 Å². The molecule has 1 aromatic carbocycles. The number of aromatic nitrogens is 1. The summed E-state index contributed by atoms with van der Waals surface area (Å²) in [7, 11) is -3.97. The van der Waals surface area contributed by atoms with Gasteiger partial charge in [0.2, 0.25) is 21.8 Å². The van der Waals surface area contributed by atoms with Crippen LogP contribution in [-0.4, -0.2) is 71.4 Å². The van der Waals surface area contributed by atoms with E-state index in [0.29, 0.717) is 72.9 Å². The minimum absolute atomic E-state index is 0. The van der Waals surface area contributed by atoms with Gasteiger partial charge in [0, 0.05) is 35.8 Å². The fourth-order valence-corrected chi connectivity index (χ4v) is 10.0. The number of ether oxygens (including phenoxy) is 2. The van der Waals surface area contributed by atoms with Crippen molar-refractivity contribution in [3.05, 3.63) is 47.2 Å². The monoisotopic (exact) mass is 799 g/mol. The number of hydrogen-bond acceptors (Lipinski definition) is 9. The molecule has 1 N–H and O–H groups in total. The Hall–Kier alpha value is -3.94. The summed E-state index contributed by atoms with van der Waals surface area (Å²) in [5, 5.41) is 0.421. The van der Waals surface area contributed by atoms with Gasteiger partial charge in [-0.3, -0.25) is 23.9 Å². The van der Waals surface area contributed by atoms with Crippen LogP contribution in [0.2, 0.25) is 0 Å². The number of rotatable bonds is 7. The van der Waals surface area contributed by atoms with Gasteiger partial charge in [-0.15, -0.1) is 0 Å². The molecule has 14 heteroatoms. The molecule has 2 aliphatic carbocycles. The largest absolute Gasteiger partial charge is 0.483 e. The molecule has 2 amide bonds. The van der Waals surface area contributed by atoms with Gasteiger partial charge in [0.15, 0.2) is 17.4 Å². The van der Waals surface area contributed by atoms with E-state index < -0.39 is 61.3 Å². The van der Waals surface area contributed by atoms with Gasteiger partial charge in [-0.05, 0) is 83.1 Å². The molecular weight excluding hydrogens is 745 g/mol. The fraction of sp³-hybridized carbons (Fsp3) is 0.643. The molecular formula is C42H55F2N3O8S. The standard InChI is InChI=1S/C41H51F2N3O8S.CH4/c1-24(2)22-53-35(48)16-26-10-8-6-5-7-9-11-27-19-41(27,38(50)45-55(51,52)39(4)14-15-39)21-34(47)33-20-40(23-46(33)37(26)49)13-12-28-29-17-30(42)31(43)18-32(29)44-25(3)36(28)54-40;/h9,11,17-18,24,26-27,33H,5-8,10,12-16,19-23H2,1-4H3,(H,45,50);1H4/b11-9-;/t26-,27-,33+,40-,41-;/m1./s1. The van der Waals surface area contributed by atoms with Crippen molar-refractivity contribution in [2.75, 3.05) is 13.2 Å². The summed E-state index contributed by atoms with van der Waals surface area (Å²) < 4.78 is 68.5. The van der Waals surface area contributed by atoms with Crippen molar-refractivity contribution in [2.24, 2.45) is 23.2 Å². The molecule has 2 aromatic rings. The fourth-order valence-electron chi connectivity index (χ4n) is 8.68. The molecule has 11 nitrogen and oxygen atoms in total. The van der Waals surface area contributed by atoms with Gasteiger partial charge >= 0.3 is 5.97 Å². The highest BCUT2D eigenvalue weighted by Crippen LogP contribution is 2.58. The average Bonchev–Trinajstić information content (AvgIpc) is 4.02. The minimum Gasteiger partial charge on any atom is -0.483 e. The first-order valence-electron chi connectivity index (χ1n) is 19.7. The smallest absolute Gasteiger partial charge is 0.306 e. The predicted octanol–water partition coefficient (Wildman–Crippen LogP) is 6.81. The quantitative estimate of drug-likeness (QED) is 0.236. The highest BCUT2D eigenvalue weighted by molar-refractivity contribution is 7.91. The summed E-state index contributed by atoms with van der Waals surface area (Å²) in [6.07, 6.45) is 8.87. The maximum absolute atomic E-state index is 14.7. The van der Waals surface area contributed by atoms with E-state index in [-0.39, 0.29) is 63.4 Å². The van der Waals surface area contributed by atoms with E-state index in [0.717, 1.165) is 31.4 Å². The summed E-state index contributed by atoms with van der Waals surface area (Å²) >= 11 is 0. The van der Waals surface area contributed by atoms with E-state index in [4.69, 9.17) is 9.47 Å². The number of benzene rings is 1. The number of esters is 1. The number of hydrogen-bond donors (Lipinski definition) is 1. The summed E-state index contributed by atoms with van der Waals surface area (Å²) in [6.45, 7) is 7.39. The lowest BCUT2D eigenvalue weighted by atomic mass is 9.85. The Labute approximate surface area is 328 Å². The first kappa shape index (κ1) is 41.7. The lowest BCUT2D eigenvalue weighted by molar-refractivity contribution is -0.151. The lowest BCUT2D eigenvalue weighted by Crippen LogP contribution is -2.48. The number of aryl methyl sites for hydroxylation is 2. The van der Waals surface area contributed by atoms with Crippen molar-refractivity contribution >= 4 is 44.5 Å². The van der Waals surface area contributed by atoms with Crippen LogP contribution in [0.15, 0.2) is 24.3 Å². The number of allylic oxidation sites excluding steroid dienone is 2. The number of Topliss-reactive ketones (excluding diaryl/α,β-unsaturated/α-hetero) is 1. The van der Waals surface area contributed by atoms with Crippen molar-refractivity contribution in [1.29, 1.82) is 0 Å². The Bertz CT molecular complexity index is 2070. The second kappa shape index (κ2) is 15.4. The van der Waals surface area contributed by atoms with Crippen LogP contribution in [0.5, 0.6) is 5.75 Å². The molecule has 1 aromatic heterocycles. The molecule has 3 aliphatic heterocycles. The van der Waals surface area contributed by atoms with E-state index in [1.165, 1.54) is 4.90 Å². The molecule has 3 fully saturated rings. The molecule has 5 aliphatic rings. The van der Waals surface area contributed by atoms with Crippen LogP contribution in [0, 0.1) is 41.7 Å². The maximum atomic E-state index is 14.7. The first-order valence-corrected chi connectivity index (χ1v) is 21.1. The summed E-state index contributed by atoms with van der Waals surface area (Å²) in [5.74, 6) is -4.59. The van der Waals surface area contributed by atoms with Crippen LogP contribution in [-0.2, 0) is 40.4 Å². The van der Waals surface area contributed by atoms with Crippen LogP contribution < -0.4 is 9.46 Å². The second-order valence-corrected chi connectivity index (χ2v) is 19.5. The zero-order chi connectivity index (χ0) is 39.5. The zero-order valence-corrected chi connectivity index (χ0v) is 32.9. The zero-order valence-electron chi connectivity index (χ0n) is 32.0. The number of sulfonamides is 1. The highest BCUT2D eigenvalue weighted by Gasteiger charge is 2.63. The van der Waals surface area contributed by atoms with Crippen LogP contribution in [0.25, 0.3) is 10.9 Å². The van der Waals surface area contributed by atoms with E-state index >= 15 is 0 Å². The van der Waals surface area contributed by atoms with Gasteiger partial charge in [-0.1, -0.05) is 46.3 Å². The summed E-state index contributed by atoms with van der Waals surface area (Å²) in [5.41, 5.74) is -0.948. The number of pyridine rings is 1. The molecule has 5 atom stereocenters. The Morgan fingerprint density at radius 3 is 2.54 bits per heavy atom. The molecule has 1 saturated heterocycles. The summed E-state index contributed by atoms with van der Waals surface area (Å²) in [6, 6.07) is 1.14. The second-order valence-electron chi connectivity index (χ2n) is 17.3. The number of fused-ring (bicyclic) bond motifs is 5. The predicted molar refractivity (Wildman–Crippen MR) is 206 cm³/mol. The van der Waals surface area contributed by atoms with Gasteiger partial charge in [0.25, 0.3) is 0 Å². The van der Waals surface area contributed by atoms with E-state index in [9.17, 15) is 36.4 Å². The first-order chi connectivity index (χ1) is 26.0. The van der Waals surface area contributed by atoms with Gasteiger partial charge in [0.05, 0.1) is 47.0 Å². The molecule has 0 radical (unpaired) electrons. The molecule has 1 spiro atoms. The highest BCUT2D eigenvalue weighted by atomic mass is 32.2. The number of nitrogens with one attached hydrogen (secondary N) is 1. The van der Waals surface area contributed by atoms with Crippen molar-refractivity contribution in [2.45, 2.75) is 135 Å². The Balaban J connectivity index is 0.00000532. The van der Waals surface area contributed by atoms with E-state index in [1.807, 2.05) is 26.0 Å². The SMILES string of the molecule is C.Cc1nc2cc(F)c(F)cc2c2c1O[C@]1(CC2)C[C@H]2C(=O)C[C@]3(C(=O)NS(=O)(=O)C4(C)CC4)C[C@H]3/C=C\CCCCC[C@H](CC(=O)OCC(C)C)C(=O)N2C1. The van der Waals surface area contributed by atoms with Crippen LogP contribution >= 0.6 is 0 Å². The molecule has 2 saturated carbocycles. The third-order valence-corrected chi connectivity index (χ3v) is 14.7. The van der Waals surface area contributed by atoms with Crippen molar-refractivity contribution in [1.82, 2.24) is 14.6 Å². The summed E-state index contributed by atoms with van der Waals surface area (Å²) in [4.78, 5) is 62.5. The third kappa shape index (κ3) is 7.96. The van der Waals surface area contributed by atoms with Crippen molar-refractivity contribution in [3.63, 3.8) is 0 Å². The van der Waals surface area contributed by atoms with Gasteiger partial charge in [-0.25, -0.2) is 22.2 Å². The van der Waals surface area contributed by atoms with Crippen molar-refractivity contribution < 1.29 is 45.9 Å². The number of carbonyl (C=O) groups is 4. The Morgan fingerprint density at radius 1 is 1.09 bits per heavy atom. The normalized spacial score (nSPS) is 29.2. The number of nitrogens with zero attached hydrogens (tertiary/aromatic N) is 2. The van der Waals surface area contributed by atoms with Gasteiger partial charge in [-0.2, -0.15) is 0 Å². The van der Waals surface area contributed by atoms with Gasteiger partial charge in [0.1, 0.15) is 11.4 Å². The molecule has 4 heterocycles. The Kier molecular flexibility index (Phi) is 11.5. The molecule has 0 unspecified atom stereocenters.